The van der Waals surface area contributed by atoms with Gasteiger partial charge in [-0.25, -0.2) is 0 Å². The number of hydrogen-bond acceptors (Lipinski definition) is 2. The fourth-order valence-electron chi connectivity index (χ4n) is 2.31. The Kier molecular flexibility index (Phi) is 2.61. The van der Waals surface area contributed by atoms with Gasteiger partial charge in [0.15, 0.2) is 0 Å². The highest BCUT2D eigenvalue weighted by molar-refractivity contribution is 5.00. The second-order valence-electron chi connectivity index (χ2n) is 4.83. The summed E-state index contributed by atoms with van der Waals surface area (Å²) < 4.78 is 0. The van der Waals surface area contributed by atoms with E-state index in [2.05, 4.69) is 24.1 Å². The average Bonchev–Trinajstić information content (AvgIpc) is 2.88. The van der Waals surface area contributed by atoms with Crippen LogP contribution in [0.3, 0.4) is 0 Å². The molecular formula is C11H22N2. The number of nitrogens with zero attached hydrogens (tertiary/aromatic N) is 1. The molecule has 1 aliphatic heterocycles. The molecule has 1 saturated heterocycles. The quantitative estimate of drug-likeness (QED) is 0.698. The highest BCUT2D eigenvalue weighted by Crippen LogP contribution is 2.41. The van der Waals surface area contributed by atoms with Gasteiger partial charge in [0.2, 0.25) is 0 Å². The van der Waals surface area contributed by atoms with Crippen LogP contribution in [0.4, 0.5) is 0 Å². The minimum absolute atomic E-state index is 0.588. The van der Waals surface area contributed by atoms with Crippen LogP contribution in [0.2, 0.25) is 0 Å². The molecule has 2 heteroatoms. The molecule has 0 aromatic rings. The maximum Gasteiger partial charge on any atom is 0.0183 e. The zero-order valence-corrected chi connectivity index (χ0v) is 8.97. The Balaban J connectivity index is 1.87. The molecule has 2 nitrogen and oxygen atoms in total. The van der Waals surface area contributed by atoms with Crippen molar-refractivity contribution in [3.63, 3.8) is 0 Å². The average molecular weight is 182 g/mol. The Labute approximate surface area is 81.7 Å². The lowest BCUT2D eigenvalue weighted by atomic mass is 10.1. The van der Waals surface area contributed by atoms with Crippen molar-refractivity contribution in [2.75, 3.05) is 19.6 Å². The molecule has 76 valence electrons. The summed E-state index contributed by atoms with van der Waals surface area (Å²) in [7, 11) is 0. The Morgan fingerprint density at radius 1 is 1.38 bits per heavy atom. The summed E-state index contributed by atoms with van der Waals surface area (Å²) in [6.07, 6.45) is 5.46. The standard InChI is InChI=1S/C11H22N2/c1-3-10-4-8-13(9-7-12-10)11(2)5-6-11/h10,12H,3-9H2,1-2H3. The normalized spacial score (nSPS) is 34.2. The summed E-state index contributed by atoms with van der Waals surface area (Å²) >= 11 is 0. The molecule has 1 atom stereocenters. The van der Waals surface area contributed by atoms with Crippen molar-refractivity contribution in [3.05, 3.63) is 0 Å². The van der Waals surface area contributed by atoms with Crippen LogP contribution in [0.15, 0.2) is 0 Å². The van der Waals surface area contributed by atoms with E-state index in [1.54, 1.807) is 0 Å². The first-order valence-corrected chi connectivity index (χ1v) is 5.73. The van der Waals surface area contributed by atoms with Gasteiger partial charge in [-0.3, -0.25) is 4.90 Å². The van der Waals surface area contributed by atoms with Gasteiger partial charge in [0.25, 0.3) is 0 Å². The van der Waals surface area contributed by atoms with E-state index in [1.165, 1.54) is 45.3 Å². The van der Waals surface area contributed by atoms with Gasteiger partial charge in [-0.1, -0.05) is 6.92 Å². The van der Waals surface area contributed by atoms with E-state index in [0.29, 0.717) is 5.54 Å². The lowest BCUT2D eigenvalue weighted by Crippen LogP contribution is -2.37. The van der Waals surface area contributed by atoms with Gasteiger partial charge in [0, 0.05) is 31.2 Å². The van der Waals surface area contributed by atoms with Gasteiger partial charge in [-0.05, 0) is 32.6 Å². The van der Waals surface area contributed by atoms with E-state index >= 15 is 0 Å². The van der Waals surface area contributed by atoms with Crippen LogP contribution in [0.25, 0.3) is 0 Å². The Morgan fingerprint density at radius 3 is 2.77 bits per heavy atom. The molecule has 13 heavy (non-hydrogen) atoms. The van der Waals surface area contributed by atoms with Crippen LogP contribution in [-0.4, -0.2) is 36.1 Å². The summed E-state index contributed by atoms with van der Waals surface area (Å²) in [5.74, 6) is 0. The number of hydrogen-bond donors (Lipinski definition) is 1. The minimum Gasteiger partial charge on any atom is -0.313 e. The van der Waals surface area contributed by atoms with E-state index in [0.717, 1.165) is 6.04 Å². The second kappa shape index (κ2) is 3.58. The highest BCUT2D eigenvalue weighted by atomic mass is 15.2. The molecule has 1 N–H and O–H groups in total. The molecule has 0 amide bonds. The smallest absolute Gasteiger partial charge is 0.0183 e. The SMILES string of the molecule is CCC1CCN(C2(C)CC2)CCN1. The fraction of sp³-hybridized carbons (Fsp3) is 1.00. The maximum atomic E-state index is 3.62. The first-order valence-electron chi connectivity index (χ1n) is 5.73. The largest absolute Gasteiger partial charge is 0.313 e. The monoisotopic (exact) mass is 182 g/mol. The number of rotatable bonds is 2. The summed E-state index contributed by atoms with van der Waals surface area (Å²) in [6, 6.07) is 0.771. The zero-order chi connectivity index (χ0) is 9.31. The maximum absolute atomic E-state index is 3.62. The van der Waals surface area contributed by atoms with Crippen molar-refractivity contribution in [1.29, 1.82) is 0 Å². The molecule has 2 fully saturated rings. The van der Waals surface area contributed by atoms with E-state index in [1.807, 2.05) is 0 Å². The van der Waals surface area contributed by atoms with Gasteiger partial charge < -0.3 is 5.32 Å². The molecule has 1 aliphatic carbocycles. The summed E-state index contributed by atoms with van der Waals surface area (Å²) in [6.45, 7) is 8.45. The predicted molar refractivity (Wildman–Crippen MR) is 55.9 cm³/mol. The van der Waals surface area contributed by atoms with E-state index in [-0.39, 0.29) is 0 Å². The molecule has 1 saturated carbocycles. The van der Waals surface area contributed by atoms with Gasteiger partial charge in [0.05, 0.1) is 0 Å². The Hall–Kier alpha value is -0.0800. The predicted octanol–water partition coefficient (Wildman–Crippen LogP) is 1.61. The van der Waals surface area contributed by atoms with Crippen molar-refractivity contribution >= 4 is 0 Å². The third kappa shape index (κ3) is 2.05. The molecule has 2 aliphatic rings. The second-order valence-corrected chi connectivity index (χ2v) is 4.83. The van der Waals surface area contributed by atoms with Crippen molar-refractivity contribution in [2.45, 2.75) is 51.1 Å². The molecular weight excluding hydrogens is 160 g/mol. The molecule has 0 bridgehead atoms. The van der Waals surface area contributed by atoms with Gasteiger partial charge in [-0.15, -0.1) is 0 Å². The van der Waals surface area contributed by atoms with Crippen molar-refractivity contribution in [1.82, 2.24) is 10.2 Å². The summed E-state index contributed by atoms with van der Waals surface area (Å²) in [5.41, 5.74) is 0.588. The molecule has 0 radical (unpaired) electrons. The third-order valence-corrected chi connectivity index (χ3v) is 3.79. The van der Waals surface area contributed by atoms with E-state index in [4.69, 9.17) is 0 Å². The highest BCUT2D eigenvalue weighted by Gasteiger charge is 2.43. The molecule has 0 spiro atoms. The molecule has 0 aromatic carbocycles. The van der Waals surface area contributed by atoms with E-state index in [9.17, 15) is 0 Å². The Bertz CT molecular complexity index is 175. The van der Waals surface area contributed by atoms with Crippen LogP contribution >= 0.6 is 0 Å². The van der Waals surface area contributed by atoms with Crippen LogP contribution in [0, 0.1) is 0 Å². The summed E-state index contributed by atoms with van der Waals surface area (Å²) in [5, 5.41) is 3.62. The molecule has 1 heterocycles. The first kappa shape index (κ1) is 9.47. The molecule has 2 rings (SSSR count). The van der Waals surface area contributed by atoms with Crippen molar-refractivity contribution in [2.24, 2.45) is 0 Å². The zero-order valence-electron chi connectivity index (χ0n) is 8.97. The van der Waals surface area contributed by atoms with Gasteiger partial charge in [0.1, 0.15) is 0 Å². The fourth-order valence-corrected chi connectivity index (χ4v) is 2.31. The van der Waals surface area contributed by atoms with Crippen LogP contribution in [0.1, 0.15) is 39.5 Å². The summed E-state index contributed by atoms with van der Waals surface area (Å²) in [4.78, 5) is 2.69. The lowest BCUT2D eigenvalue weighted by Gasteiger charge is -2.27. The Morgan fingerprint density at radius 2 is 2.15 bits per heavy atom. The molecule has 0 aromatic heterocycles. The van der Waals surface area contributed by atoms with Gasteiger partial charge >= 0.3 is 0 Å². The molecule has 1 unspecified atom stereocenters. The first-order chi connectivity index (χ1) is 6.24. The van der Waals surface area contributed by atoms with Crippen molar-refractivity contribution in [3.8, 4) is 0 Å². The third-order valence-electron chi connectivity index (χ3n) is 3.79. The van der Waals surface area contributed by atoms with Crippen molar-refractivity contribution < 1.29 is 0 Å². The van der Waals surface area contributed by atoms with Crippen LogP contribution in [-0.2, 0) is 0 Å². The van der Waals surface area contributed by atoms with Gasteiger partial charge in [-0.2, -0.15) is 0 Å². The minimum atomic E-state index is 0.588. The number of nitrogens with one attached hydrogen (secondary N) is 1. The topological polar surface area (TPSA) is 15.3 Å². The lowest BCUT2D eigenvalue weighted by molar-refractivity contribution is 0.203. The van der Waals surface area contributed by atoms with Crippen LogP contribution < -0.4 is 5.32 Å². The van der Waals surface area contributed by atoms with Crippen LogP contribution in [0.5, 0.6) is 0 Å². The van der Waals surface area contributed by atoms with E-state index < -0.39 is 0 Å².